The summed E-state index contributed by atoms with van der Waals surface area (Å²) in [6.45, 7) is 0.543. The predicted octanol–water partition coefficient (Wildman–Crippen LogP) is 4.12. The van der Waals surface area contributed by atoms with Crippen LogP contribution >= 0.6 is 23.1 Å². The molecular formula is C18H14ClFN6O2S2. The van der Waals surface area contributed by atoms with E-state index < -0.39 is 20.7 Å². The quantitative estimate of drug-likeness (QED) is 0.426. The monoisotopic (exact) mass is 464 g/mol. The Kier molecular flexibility index (Phi) is 5.66. The first kappa shape index (κ1) is 20.3. The summed E-state index contributed by atoms with van der Waals surface area (Å²) >= 11 is 6.74. The van der Waals surface area contributed by atoms with Gasteiger partial charge >= 0.3 is 0 Å². The highest BCUT2D eigenvalue weighted by atomic mass is 35.5. The first-order valence-electron chi connectivity index (χ1n) is 8.53. The van der Waals surface area contributed by atoms with Crippen LogP contribution in [0.25, 0.3) is 0 Å². The van der Waals surface area contributed by atoms with E-state index in [1.54, 1.807) is 29.1 Å². The lowest BCUT2D eigenvalue weighted by Gasteiger charge is -2.08. The van der Waals surface area contributed by atoms with E-state index in [9.17, 15) is 12.8 Å². The fourth-order valence-corrected chi connectivity index (χ4v) is 4.47. The standard InChI is InChI=1S/C18H14ClFN6O2S2/c19-13-3-1-12(2-4-13)10-26-8-7-17(24-26)23-14-5-6-16(15(20)9-14)30(27,28)25-18-21-11-22-29-18/h1-9,11H,10H2,(H,23,24)(H,21,22,25). The largest absolute Gasteiger partial charge is 0.339 e. The highest BCUT2D eigenvalue weighted by Gasteiger charge is 2.21. The summed E-state index contributed by atoms with van der Waals surface area (Å²) in [5.41, 5.74) is 1.39. The topological polar surface area (TPSA) is 102 Å². The number of benzene rings is 2. The van der Waals surface area contributed by atoms with E-state index >= 15 is 0 Å². The molecule has 2 heterocycles. The van der Waals surface area contributed by atoms with Gasteiger partial charge in [-0.05, 0) is 35.9 Å². The molecule has 12 heteroatoms. The first-order chi connectivity index (χ1) is 14.4. The highest BCUT2D eigenvalue weighted by molar-refractivity contribution is 7.93. The summed E-state index contributed by atoms with van der Waals surface area (Å²) in [6, 6.07) is 12.9. The molecule has 4 rings (SSSR count). The summed E-state index contributed by atoms with van der Waals surface area (Å²) in [5.74, 6) is -0.413. The van der Waals surface area contributed by atoms with Crippen molar-refractivity contribution in [3.63, 3.8) is 0 Å². The SMILES string of the molecule is O=S(=O)(Nc1ncns1)c1ccc(Nc2ccn(Cc3ccc(Cl)cc3)n2)cc1F. The third-order valence-corrected chi connectivity index (χ3v) is 6.31. The van der Waals surface area contributed by atoms with Crippen molar-refractivity contribution < 1.29 is 12.8 Å². The molecule has 0 aliphatic heterocycles. The van der Waals surface area contributed by atoms with Crippen LogP contribution < -0.4 is 10.0 Å². The molecule has 2 aromatic carbocycles. The molecule has 2 aromatic heterocycles. The minimum absolute atomic E-state index is 0.0582. The average Bonchev–Trinajstić information content (AvgIpc) is 3.35. The van der Waals surface area contributed by atoms with Crippen molar-refractivity contribution in [2.45, 2.75) is 11.4 Å². The maximum atomic E-state index is 14.5. The van der Waals surface area contributed by atoms with Crippen LogP contribution in [-0.2, 0) is 16.6 Å². The molecule has 0 amide bonds. The zero-order valence-electron chi connectivity index (χ0n) is 15.2. The van der Waals surface area contributed by atoms with E-state index in [2.05, 4.69) is 24.5 Å². The molecular weight excluding hydrogens is 451 g/mol. The van der Waals surface area contributed by atoms with Crippen molar-refractivity contribution in [1.82, 2.24) is 19.1 Å². The Bertz CT molecular complexity index is 1260. The van der Waals surface area contributed by atoms with Gasteiger partial charge in [0.15, 0.2) is 5.82 Å². The number of nitrogens with one attached hydrogen (secondary N) is 2. The Morgan fingerprint density at radius 3 is 2.63 bits per heavy atom. The normalized spacial score (nSPS) is 11.4. The van der Waals surface area contributed by atoms with Gasteiger partial charge in [0.2, 0.25) is 5.13 Å². The maximum Gasteiger partial charge on any atom is 0.266 e. The van der Waals surface area contributed by atoms with Crippen LogP contribution in [0.2, 0.25) is 5.02 Å². The lowest BCUT2D eigenvalue weighted by molar-refractivity contribution is 0.570. The Morgan fingerprint density at radius 1 is 1.13 bits per heavy atom. The van der Waals surface area contributed by atoms with Gasteiger partial charge in [-0.2, -0.15) is 9.47 Å². The van der Waals surface area contributed by atoms with Crippen molar-refractivity contribution in [2.24, 2.45) is 0 Å². The minimum atomic E-state index is -4.11. The molecule has 4 aromatic rings. The van der Waals surface area contributed by atoms with Gasteiger partial charge in [0.25, 0.3) is 10.0 Å². The number of nitrogens with zero attached hydrogens (tertiary/aromatic N) is 4. The number of anilines is 3. The molecule has 0 saturated carbocycles. The summed E-state index contributed by atoms with van der Waals surface area (Å²) in [5, 5.41) is 8.05. The van der Waals surface area contributed by atoms with E-state index in [1.165, 1.54) is 18.5 Å². The zero-order chi connectivity index (χ0) is 21.1. The zero-order valence-corrected chi connectivity index (χ0v) is 17.5. The van der Waals surface area contributed by atoms with E-state index in [0.717, 1.165) is 23.2 Å². The Balaban J connectivity index is 1.46. The number of aromatic nitrogens is 4. The van der Waals surface area contributed by atoms with Crippen molar-refractivity contribution in [2.75, 3.05) is 10.0 Å². The van der Waals surface area contributed by atoms with Gasteiger partial charge in [0, 0.05) is 34.5 Å². The number of halogens is 2. The van der Waals surface area contributed by atoms with Crippen LogP contribution in [-0.4, -0.2) is 27.6 Å². The third kappa shape index (κ3) is 4.75. The molecule has 0 aliphatic rings. The van der Waals surface area contributed by atoms with Crippen LogP contribution in [0.5, 0.6) is 0 Å². The van der Waals surface area contributed by atoms with Crippen LogP contribution in [0.3, 0.4) is 0 Å². The van der Waals surface area contributed by atoms with Gasteiger partial charge in [-0.15, -0.1) is 0 Å². The minimum Gasteiger partial charge on any atom is -0.339 e. The van der Waals surface area contributed by atoms with Gasteiger partial charge in [0.05, 0.1) is 6.54 Å². The Labute approximate surface area is 180 Å². The molecule has 8 nitrogen and oxygen atoms in total. The van der Waals surface area contributed by atoms with Gasteiger partial charge in [0.1, 0.15) is 17.0 Å². The molecule has 2 N–H and O–H groups in total. The molecule has 0 spiro atoms. The van der Waals surface area contributed by atoms with Crippen LogP contribution in [0.4, 0.5) is 21.0 Å². The van der Waals surface area contributed by atoms with Crippen molar-refractivity contribution in [3.8, 4) is 0 Å². The van der Waals surface area contributed by atoms with Gasteiger partial charge < -0.3 is 5.32 Å². The molecule has 0 bridgehead atoms. The van der Waals surface area contributed by atoms with Gasteiger partial charge in [-0.3, -0.25) is 9.40 Å². The van der Waals surface area contributed by atoms with E-state index in [4.69, 9.17) is 11.6 Å². The molecule has 30 heavy (non-hydrogen) atoms. The molecule has 0 aliphatic carbocycles. The molecule has 0 atom stereocenters. The lowest BCUT2D eigenvalue weighted by Crippen LogP contribution is -2.14. The maximum absolute atomic E-state index is 14.5. The van der Waals surface area contributed by atoms with Crippen molar-refractivity contribution in [3.05, 3.63) is 77.5 Å². The van der Waals surface area contributed by atoms with E-state index in [0.29, 0.717) is 23.1 Å². The number of hydrogen-bond acceptors (Lipinski definition) is 7. The van der Waals surface area contributed by atoms with Crippen LogP contribution in [0, 0.1) is 5.82 Å². The van der Waals surface area contributed by atoms with E-state index in [1.807, 2.05) is 12.1 Å². The van der Waals surface area contributed by atoms with Gasteiger partial charge in [-0.1, -0.05) is 23.7 Å². The fraction of sp³-hybridized carbons (Fsp3) is 0.0556. The molecule has 0 saturated heterocycles. The van der Waals surface area contributed by atoms with Crippen LogP contribution in [0.1, 0.15) is 5.56 Å². The Hall–Kier alpha value is -3.02. The number of hydrogen-bond donors (Lipinski definition) is 2. The summed E-state index contributed by atoms with van der Waals surface area (Å²) in [6.07, 6.45) is 2.98. The summed E-state index contributed by atoms with van der Waals surface area (Å²) in [4.78, 5) is 3.24. The number of rotatable bonds is 7. The average molecular weight is 465 g/mol. The molecule has 0 fully saturated rings. The molecule has 0 unspecified atom stereocenters. The van der Waals surface area contributed by atoms with Gasteiger partial charge in [-0.25, -0.2) is 17.8 Å². The second-order valence-corrected chi connectivity index (χ2v) is 9.01. The second kappa shape index (κ2) is 8.38. The summed E-state index contributed by atoms with van der Waals surface area (Å²) < 4.78 is 46.7. The summed E-state index contributed by atoms with van der Waals surface area (Å²) in [7, 11) is -4.11. The number of sulfonamides is 1. The van der Waals surface area contributed by atoms with E-state index in [-0.39, 0.29) is 5.13 Å². The van der Waals surface area contributed by atoms with Crippen LogP contribution in [0.15, 0.2) is 66.0 Å². The second-order valence-electron chi connectivity index (χ2n) is 6.15. The van der Waals surface area contributed by atoms with Crippen molar-refractivity contribution >= 4 is 49.8 Å². The third-order valence-electron chi connectivity index (χ3n) is 3.98. The fourth-order valence-electron chi connectivity index (χ4n) is 2.63. The smallest absolute Gasteiger partial charge is 0.266 e. The Morgan fingerprint density at radius 2 is 1.93 bits per heavy atom. The lowest BCUT2D eigenvalue weighted by atomic mass is 10.2. The first-order valence-corrected chi connectivity index (χ1v) is 11.2. The highest BCUT2D eigenvalue weighted by Crippen LogP contribution is 2.24. The predicted molar refractivity (Wildman–Crippen MR) is 113 cm³/mol. The molecule has 154 valence electrons. The molecule has 0 radical (unpaired) electrons. The van der Waals surface area contributed by atoms with Crippen molar-refractivity contribution in [1.29, 1.82) is 0 Å².